The molecule has 0 bridgehead atoms. The van der Waals surface area contributed by atoms with Gasteiger partial charge in [0.2, 0.25) is 0 Å². The Labute approximate surface area is 137 Å². The lowest BCUT2D eigenvalue weighted by atomic mass is 10.1. The average Bonchev–Trinajstić information content (AvgIpc) is 3.44. The molecule has 2 aromatic rings. The maximum absolute atomic E-state index is 13.0. The van der Waals surface area contributed by atoms with Crippen molar-refractivity contribution in [2.24, 2.45) is 5.92 Å². The predicted octanol–water partition coefficient (Wildman–Crippen LogP) is 4.14. The Morgan fingerprint density at radius 2 is 1.78 bits per heavy atom. The second kappa shape index (κ2) is 6.86. The van der Waals surface area contributed by atoms with Crippen LogP contribution in [0.15, 0.2) is 54.6 Å². The van der Waals surface area contributed by atoms with Crippen molar-refractivity contribution in [3.63, 3.8) is 0 Å². The van der Waals surface area contributed by atoms with Gasteiger partial charge in [0.15, 0.2) is 0 Å². The number of carbonyl (C=O) groups is 1. The molecule has 0 spiro atoms. The van der Waals surface area contributed by atoms with E-state index in [4.69, 9.17) is 4.74 Å². The lowest BCUT2D eigenvalue weighted by Crippen LogP contribution is -2.39. The Hall–Kier alpha value is -2.29. The Kier molecular flexibility index (Phi) is 4.65. The molecule has 3 rings (SSSR count). The summed E-state index contributed by atoms with van der Waals surface area (Å²) in [5, 5.41) is 0. The zero-order valence-electron chi connectivity index (χ0n) is 13.7. The second-order valence-electron chi connectivity index (χ2n) is 6.23. The van der Waals surface area contributed by atoms with Gasteiger partial charge in [0.1, 0.15) is 5.75 Å². The fourth-order valence-electron chi connectivity index (χ4n) is 2.91. The molecule has 1 amide bonds. The summed E-state index contributed by atoms with van der Waals surface area (Å²) in [6.45, 7) is 2.82. The molecule has 0 radical (unpaired) electrons. The van der Waals surface area contributed by atoms with Crippen LogP contribution in [0.1, 0.15) is 35.7 Å². The van der Waals surface area contributed by atoms with E-state index in [1.807, 2.05) is 47.4 Å². The van der Waals surface area contributed by atoms with Crippen LogP contribution in [0.3, 0.4) is 0 Å². The van der Waals surface area contributed by atoms with E-state index in [1.54, 1.807) is 7.11 Å². The highest BCUT2D eigenvalue weighted by Gasteiger charge is 2.34. The molecular weight excluding hydrogens is 286 g/mol. The first-order valence-electron chi connectivity index (χ1n) is 8.18. The van der Waals surface area contributed by atoms with Gasteiger partial charge in [-0.3, -0.25) is 4.79 Å². The van der Waals surface area contributed by atoms with Crippen molar-refractivity contribution in [1.29, 1.82) is 0 Å². The average molecular weight is 309 g/mol. The van der Waals surface area contributed by atoms with E-state index in [2.05, 4.69) is 19.1 Å². The zero-order valence-corrected chi connectivity index (χ0v) is 13.7. The van der Waals surface area contributed by atoms with Gasteiger partial charge in [0, 0.05) is 18.2 Å². The molecule has 2 aromatic carbocycles. The van der Waals surface area contributed by atoms with Crippen LogP contribution < -0.4 is 4.74 Å². The zero-order chi connectivity index (χ0) is 16.2. The molecule has 1 unspecified atom stereocenters. The maximum atomic E-state index is 13.0. The lowest BCUT2D eigenvalue weighted by molar-refractivity contribution is 0.0654. The highest BCUT2D eigenvalue weighted by molar-refractivity contribution is 5.94. The number of rotatable bonds is 6. The van der Waals surface area contributed by atoms with E-state index in [0.717, 1.165) is 5.75 Å². The van der Waals surface area contributed by atoms with Crippen LogP contribution in [0.4, 0.5) is 0 Å². The number of methoxy groups -OCH3 is 1. The van der Waals surface area contributed by atoms with E-state index in [0.29, 0.717) is 18.0 Å². The molecule has 120 valence electrons. The van der Waals surface area contributed by atoms with Crippen LogP contribution in [0.25, 0.3) is 0 Å². The highest BCUT2D eigenvalue weighted by Crippen LogP contribution is 2.36. The predicted molar refractivity (Wildman–Crippen MR) is 91.5 cm³/mol. The summed E-state index contributed by atoms with van der Waals surface area (Å²) >= 11 is 0. The van der Waals surface area contributed by atoms with Gasteiger partial charge < -0.3 is 9.64 Å². The van der Waals surface area contributed by atoms with Crippen LogP contribution in [0.5, 0.6) is 5.75 Å². The molecule has 3 heteroatoms. The molecule has 1 fully saturated rings. The SMILES string of the molecule is COc1ccc(C(=O)N(Cc2ccccc2)C(C)C2CC2)cc1. The molecule has 1 aliphatic rings. The Balaban J connectivity index is 1.82. The minimum Gasteiger partial charge on any atom is -0.497 e. The first-order valence-corrected chi connectivity index (χ1v) is 8.18. The fourth-order valence-corrected chi connectivity index (χ4v) is 2.91. The first kappa shape index (κ1) is 15.6. The third-order valence-corrected chi connectivity index (χ3v) is 4.59. The van der Waals surface area contributed by atoms with E-state index < -0.39 is 0 Å². The van der Waals surface area contributed by atoms with Gasteiger partial charge in [-0.05, 0) is 55.5 Å². The van der Waals surface area contributed by atoms with Gasteiger partial charge in [-0.15, -0.1) is 0 Å². The van der Waals surface area contributed by atoms with Gasteiger partial charge in [0.05, 0.1) is 7.11 Å². The normalized spacial score (nSPS) is 15.0. The lowest BCUT2D eigenvalue weighted by Gasteiger charge is -2.30. The number of carbonyl (C=O) groups excluding carboxylic acids is 1. The van der Waals surface area contributed by atoms with Crippen LogP contribution in [0, 0.1) is 5.92 Å². The smallest absolute Gasteiger partial charge is 0.254 e. The largest absolute Gasteiger partial charge is 0.497 e. The van der Waals surface area contributed by atoms with Gasteiger partial charge in [-0.1, -0.05) is 30.3 Å². The second-order valence-corrected chi connectivity index (χ2v) is 6.23. The molecule has 1 saturated carbocycles. The van der Waals surface area contributed by atoms with Crippen LogP contribution >= 0.6 is 0 Å². The monoisotopic (exact) mass is 309 g/mol. The van der Waals surface area contributed by atoms with Crippen molar-refractivity contribution >= 4 is 5.91 Å². The molecule has 0 N–H and O–H groups in total. The molecule has 3 nitrogen and oxygen atoms in total. The summed E-state index contributed by atoms with van der Waals surface area (Å²) in [5.74, 6) is 1.50. The minimum absolute atomic E-state index is 0.0934. The minimum atomic E-state index is 0.0934. The molecule has 23 heavy (non-hydrogen) atoms. The summed E-state index contributed by atoms with van der Waals surface area (Å²) in [7, 11) is 1.63. The van der Waals surface area contributed by atoms with E-state index in [9.17, 15) is 4.79 Å². The highest BCUT2D eigenvalue weighted by atomic mass is 16.5. The van der Waals surface area contributed by atoms with Crippen molar-refractivity contribution in [3.8, 4) is 5.75 Å². The van der Waals surface area contributed by atoms with E-state index >= 15 is 0 Å². The van der Waals surface area contributed by atoms with Crippen LogP contribution in [-0.4, -0.2) is 24.0 Å². The maximum Gasteiger partial charge on any atom is 0.254 e. The fraction of sp³-hybridized carbons (Fsp3) is 0.350. The van der Waals surface area contributed by atoms with Crippen molar-refractivity contribution in [2.75, 3.05) is 7.11 Å². The topological polar surface area (TPSA) is 29.5 Å². The van der Waals surface area contributed by atoms with Crippen molar-refractivity contribution in [3.05, 3.63) is 65.7 Å². The van der Waals surface area contributed by atoms with E-state index in [1.165, 1.54) is 18.4 Å². The van der Waals surface area contributed by atoms with Gasteiger partial charge in [0.25, 0.3) is 5.91 Å². The molecule has 0 saturated heterocycles. The summed E-state index contributed by atoms with van der Waals surface area (Å²) in [5.41, 5.74) is 1.89. The van der Waals surface area contributed by atoms with Crippen molar-refractivity contribution in [1.82, 2.24) is 4.90 Å². The van der Waals surface area contributed by atoms with Crippen molar-refractivity contribution in [2.45, 2.75) is 32.4 Å². The number of ether oxygens (including phenoxy) is 1. The third-order valence-electron chi connectivity index (χ3n) is 4.59. The standard InChI is InChI=1S/C20H23NO2/c1-15(17-8-9-17)21(14-16-6-4-3-5-7-16)20(22)18-10-12-19(23-2)13-11-18/h3-7,10-13,15,17H,8-9,14H2,1-2H3. The van der Waals surface area contributed by atoms with Crippen LogP contribution in [0.2, 0.25) is 0 Å². The van der Waals surface area contributed by atoms with E-state index in [-0.39, 0.29) is 11.9 Å². The molecule has 1 atom stereocenters. The number of amides is 1. The molecule has 1 aliphatic carbocycles. The molecule has 0 aliphatic heterocycles. The molecule has 0 heterocycles. The molecule has 0 aromatic heterocycles. The van der Waals surface area contributed by atoms with Gasteiger partial charge >= 0.3 is 0 Å². The van der Waals surface area contributed by atoms with Gasteiger partial charge in [-0.25, -0.2) is 0 Å². The Bertz CT molecular complexity index is 647. The first-order chi connectivity index (χ1) is 11.2. The molecular formula is C20H23NO2. The summed E-state index contributed by atoms with van der Waals surface area (Å²) < 4.78 is 5.18. The Morgan fingerprint density at radius 3 is 2.35 bits per heavy atom. The number of hydrogen-bond acceptors (Lipinski definition) is 2. The van der Waals surface area contributed by atoms with Crippen molar-refractivity contribution < 1.29 is 9.53 Å². The van der Waals surface area contributed by atoms with Gasteiger partial charge in [-0.2, -0.15) is 0 Å². The quantitative estimate of drug-likeness (QED) is 0.802. The number of benzene rings is 2. The summed E-state index contributed by atoms with van der Waals surface area (Å²) in [6.07, 6.45) is 2.45. The Morgan fingerprint density at radius 1 is 1.13 bits per heavy atom. The summed E-state index contributed by atoms with van der Waals surface area (Å²) in [4.78, 5) is 15.0. The summed E-state index contributed by atoms with van der Waals surface area (Å²) in [6, 6.07) is 17.8. The number of nitrogens with zero attached hydrogens (tertiary/aromatic N) is 1. The third kappa shape index (κ3) is 3.73. The number of hydrogen-bond donors (Lipinski definition) is 0. The van der Waals surface area contributed by atoms with Crippen LogP contribution in [-0.2, 0) is 6.54 Å².